The Hall–Kier alpha value is -2.16. The van der Waals surface area contributed by atoms with Gasteiger partial charge in [0.1, 0.15) is 10.8 Å². The first-order valence-corrected chi connectivity index (χ1v) is 11.1. The van der Waals surface area contributed by atoms with Crippen molar-refractivity contribution in [2.75, 3.05) is 7.11 Å². The van der Waals surface area contributed by atoms with E-state index in [1.165, 1.54) is 18.4 Å². The predicted molar refractivity (Wildman–Crippen MR) is 104 cm³/mol. The number of rotatable bonds is 5. The summed E-state index contributed by atoms with van der Waals surface area (Å²) < 4.78 is 35.1. The Bertz CT molecular complexity index is 1080. The highest BCUT2D eigenvalue weighted by Crippen LogP contribution is 2.33. The summed E-state index contributed by atoms with van der Waals surface area (Å²) >= 11 is 1.21. The Morgan fingerprint density at radius 1 is 1.30 bits per heavy atom. The number of carbonyl (C=O) groups is 1. The Morgan fingerprint density at radius 2 is 2.11 bits per heavy atom. The summed E-state index contributed by atoms with van der Waals surface area (Å²) in [6.45, 7) is 0.165. The number of nitrogens with one attached hydrogen (secondary N) is 1. The molecule has 1 aliphatic rings. The normalized spacial score (nSPS) is 17.0. The summed E-state index contributed by atoms with van der Waals surface area (Å²) in [6.07, 6.45) is 2.00. The van der Waals surface area contributed by atoms with Crippen LogP contribution < -0.4 is 4.72 Å². The van der Waals surface area contributed by atoms with Gasteiger partial charge in [0.05, 0.1) is 7.11 Å². The number of sulfonamides is 1. The quantitative estimate of drug-likeness (QED) is 0.664. The number of hydrogen-bond donors (Lipinski definition) is 1. The number of hydrogen-bond acceptors (Lipinski definition) is 5. The number of methoxy groups -OCH3 is 1. The molecule has 142 valence electrons. The van der Waals surface area contributed by atoms with Crippen molar-refractivity contribution in [1.82, 2.24) is 9.29 Å². The number of fused-ring (bicyclic) bond motifs is 3. The molecule has 0 amide bonds. The van der Waals surface area contributed by atoms with Gasteiger partial charge in [-0.1, -0.05) is 24.3 Å². The van der Waals surface area contributed by atoms with Crippen LogP contribution in [0.5, 0.6) is 0 Å². The van der Waals surface area contributed by atoms with Crippen molar-refractivity contribution in [2.24, 2.45) is 0 Å². The minimum Gasteiger partial charge on any atom is -0.468 e. The molecule has 1 atom stereocenters. The minimum atomic E-state index is -3.50. The molecule has 0 aliphatic heterocycles. The highest BCUT2D eigenvalue weighted by molar-refractivity contribution is 7.91. The highest BCUT2D eigenvalue weighted by atomic mass is 32.2. The molecular weight excluding hydrogens is 384 g/mol. The van der Waals surface area contributed by atoms with Gasteiger partial charge < -0.3 is 9.30 Å². The number of benzene rings is 1. The van der Waals surface area contributed by atoms with Gasteiger partial charge in [-0.05, 0) is 42.3 Å². The van der Waals surface area contributed by atoms with Crippen LogP contribution in [0.15, 0.2) is 46.0 Å². The SMILES string of the molecule is COC(=O)Cn1c2c(c3ccccc31)C[C@H](NS(=O)(=O)c1cccs1)CC2. The minimum absolute atomic E-state index is 0.165. The summed E-state index contributed by atoms with van der Waals surface area (Å²) in [5, 5.41) is 2.82. The third-order valence-electron chi connectivity index (χ3n) is 4.97. The zero-order valence-corrected chi connectivity index (χ0v) is 16.5. The molecule has 0 fully saturated rings. The van der Waals surface area contributed by atoms with Crippen LogP contribution in [0, 0.1) is 0 Å². The summed E-state index contributed by atoms with van der Waals surface area (Å²) in [7, 11) is -2.12. The van der Waals surface area contributed by atoms with Crippen molar-refractivity contribution in [1.29, 1.82) is 0 Å². The van der Waals surface area contributed by atoms with E-state index in [-0.39, 0.29) is 18.6 Å². The number of aromatic nitrogens is 1. The van der Waals surface area contributed by atoms with Crippen LogP contribution in [0.3, 0.4) is 0 Å². The molecule has 0 unspecified atom stereocenters. The van der Waals surface area contributed by atoms with E-state index in [0.29, 0.717) is 23.5 Å². The van der Waals surface area contributed by atoms with Gasteiger partial charge in [0.2, 0.25) is 10.0 Å². The van der Waals surface area contributed by atoms with Gasteiger partial charge in [0.15, 0.2) is 0 Å². The molecule has 0 saturated heterocycles. The van der Waals surface area contributed by atoms with E-state index in [1.807, 2.05) is 28.8 Å². The fraction of sp³-hybridized carbons (Fsp3) is 0.316. The van der Waals surface area contributed by atoms with Crippen LogP contribution in [0.25, 0.3) is 10.9 Å². The van der Waals surface area contributed by atoms with Gasteiger partial charge in [-0.3, -0.25) is 4.79 Å². The third-order valence-corrected chi connectivity index (χ3v) is 7.89. The molecule has 3 aromatic rings. The number of carbonyl (C=O) groups excluding carboxylic acids is 1. The second-order valence-electron chi connectivity index (χ2n) is 6.60. The molecule has 0 spiro atoms. The maximum absolute atomic E-state index is 12.6. The summed E-state index contributed by atoms with van der Waals surface area (Å²) in [6, 6.07) is 11.1. The lowest BCUT2D eigenvalue weighted by atomic mass is 9.92. The van der Waals surface area contributed by atoms with Crippen molar-refractivity contribution >= 4 is 38.2 Å². The second-order valence-corrected chi connectivity index (χ2v) is 9.49. The van der Waals surface area contributed by atoms with Crippen LogP contribution in [0.4, 0.5) is 0 Å². The summed E-state index contributed by atoms with van der Waals surface area (Å²) in [5.74, 6) is -0.293. The maximum Gasteiger partial charge on any atom is 0.325 e. The molecule has 2 heterocycles. The highest BCUT2D eigenvalue weighted by Gasteiger charge is 2.29. The monoisotopic (exact) mass is 404 g/mol. The summed E-state index contributed by atoms with van der Waals surface area (Å²) in [5.41, 5.74) is 3.18. The Morgan fingerprint density at radius 3 is 2.85 bits per heavy atom. The van der Waals surface area contributed by atoms with Gasteiger partial charge in [-0.15, -0.1) is 11.3 Å². The van der Waals surface area contributed by atoms with Crippen molar-refractivity contribution < 1.29 is 17.9 Å². The van der Waals surface area contributed by atoms with Crippen molar-refractivity contribution in [2.45, 2.75) is 36.1 Å². The molecule has 1 aliphatic carbocycles. The molecule has 8 heteroatoms. The van der Waals surface area contributed by atoms with Crippen molar-refractivity contribution in [3.63, 3.8) is 0 Å². The topological polar surface area (TPSA) is 77.4 Å². The van der Waals surface area contributed by atoms with Gasteiger partial charge >= 0.3 is 5.97 Å². The molecule has 0 bridgehead atoms. The van der Waals surface area contributed by atoms with E-state index < -0.39 is 10.0 Å². The first kappa shape index (κ1) is 18.2. The lowest BCUT2D eigenvalue weighted by Crippen LogP contribution is -2.38. The van der Waals surface area contributed by atoms with Gasteiger partial charge in [0, 0.05) is 22.6 Å². The lowest BCUT2D eigenvalue weighted by Gasteiger charge is -2.24. The van der Waals surface area contributed by atoms with E-state index in [2.05, 4.69) is 4.72 Å². The van der Waals surface area contributed by atoms with E-state index >= 15 is 0 Å². The zero-order chi connectivity index (χ0) is 19.0. The molecule has 2 aromatic heterocycles. The van der Waals surface area contributed by atoms with Crippen LogP contribution in [-0.4, -0.2) is 32.1 Å². The Balaban J connectivity index is 1.67. The van der Waals surface area contributed by atoms with Gasteiger partial charge in [-0.2, -0.15) is 0 Å². The molecule has 27 heavy (non-hydrogen) atoms. The molecule has 0 radical (unpaired) electrons. The fourth-order valence-electron chi connectivity index (χ4n) is 3.77. The first-order chi connectivity index (χ1) is 13.0. The number of thiophene rings is 1. The smallest absolute Gasteiger partial charge is 0.325 e. The Kier molecular flexibility index (Phi) is 4.79. The largest absolute Gasteiger partial charge is 0.468 e. The number of nitrogens with zero attached hydrogens (tertiary/aromatic N) is 1. The molecule has 1 aromatic carbocycles. The van der Waals surface area contributed by atoms with Crippen LogP contribution in [0.2, 0.25) is 0 Å². The molecule has 0 saturated carbocycles. The van der Waals surface area contributed by atoms with E-state index in [9.17, 15) is 13.2 Å². The first-order valence-electron chi connectivity index (χ1n) is 8.71. The molecule has 6 nitrogen and oxygen atoms in total. The number of esters is 1. The van der Waals surface area contributed by atoms with Crippen molar-refractivity contribution in [3.8, 4) is 0 Å². The molecule has 1 N–H and O–H groups in total. The van der Waals surface area contributed by atoms with Gasteiger partial charge in [-0.25, -0.2) is 13.1 Å². The predicted octanol–water partition coefficient (Wildman–Crippen LogP) is 2.71. The Labute approximate surface area is 161 Å². The van der Waals surface area contributed by atoms with E-state index in [1.54, 1.807) is 17.5 Å². The number of para-hydroxylation sites is 1. The van der Waals surface area contributed by atoms with Crippen molar-refractivity contribution in [3.05, 3.63) is 53.0 Å². The molecular formula is C19H20N2O4S2. The van der Waals surface area contributed by atoms with E-state index in [0.717, 1.165) is 22.2 Å². The maximum atomic E-state index is 12.6. The van der Waals surface area contributed by atoms with Crippen LogP contribution in [0.1, 0.15) is 17.7 Å². The zero-order valence-electron chi connectivity index (χ0n) is 14.8. The van der Waals surface area contributed by atoms with Crippen LogP contribution in [-0.2, 0) is 38.9 Å². The fourth-order valence-corrected chi connectivity index (χ4v) is 6.05. The summed E-state index contributed by atoms with van der Waals surface area (Å²) in [4.78, 5) is 11.9. The van der Waals surface area contributed by atoms with Gasteiger partial charge in [0.25, 0.3) is 0 Å². The third kappa shape index (κ3) is 3.40. The number of ether oxygens (including phenoxy) is 1. The lowest BCUT2D eigenvalue weighted by molar-refractivity contribution is -0.141. The standard InChI is InChI=1S/C19H20N2O4S2/c1-25-18(22)12-21-16-6-3-2-5-14(16)15-11-13(8-9-17(15)21)20-27(23,24)19-7-4-10-26-19/h2-7,10,13,20H,8-9,11-12H2,1H3/t13-/m1/s1. The average molecular weight is 405 g/mol. The molecule has 4 rings (SSSR count). The second kappa shape index (κ2) is 7.10. The average Bonchev–Trinajstić information content (AvgIpc) is 3.30. The van der Waals surface area contributed by atoms with Crippen LogP contribution >= 0.6 is 11.3 Å². The van der Waals surface area contributed by atoms with E-state index in [4.69, 9.17) is 4.74 Å².